The number of aryl methyl sites for hydroxylation is 2. The topological polar surface area (TPSA) is 104 Å². The molecule has 8 nitrogen and oxygen atoms in total. The van der Waals surface area contributed by atoms with Gasteiger partial charge in [0.05, 0.1) is 11.4 Å². The molecule has 0 unspecified atom stereocenters. The Kier molecular flexibility index (Phi) is 5.50. The van der Waals surface area contributed by atoms with Crippen LogP contribution in [0.1, 0.15) is 36.7 Å². The number of anilines is 1. The van der Waals surface area contributed by atoms with Gasteiger partial charge in [-0.1, -0.05) is 37.7 Å². The number of hydrogen-bond acceptors (Lipinski definition) is 6. The molecule has 0 fully saturated rings. The lowest BCUT2D eigenvalue weighted by Gasteiger charge is -2.09. The van der Waals surface area contributed by atoms with Gasteiger partial charge in [-0.15, -0.1) is 10.2 Å². The predicted molar refractivity (Wildman–Crippen MR) is 107 cm³/mol. The minimum absolute atomic E-state index is 0.128. The zero-order valence-corrected chi connectivity index (χ0v) is 16.6. The van der Waals surface area contributed by atoms with Gasteiger partial charge >= 0.3 is 0 Å². The molecule has 0 aliphatic rings. The van der Waals surface area contributed by atoms with E-state index in [-0.39, 0.29) is 11.7 Å². The van der Waals surface area contributed by atoms with E-state index < -0.39 is 0 Å². The van der Waals surface area contributed by atoms with Crippen LogP contribution in [0.5, 0.6) is 0 Å². The number of aromatic nitrogens is 5. The summed E-state index contributed by atoms with van der Waals surface area (Å²) in [5.41, 5.74) is 3.74. The van der Waals surface area contributed by atoms with Gasteiger partial charge in [0.15, 0.2) is 0 Å². The second-order valence-electron chi connectivity index (χ2n) is 6.61. The predicted octanol–water partition coefficient (Wildman–Crippen LogP) is 2.65. The summed E-state index contributed by atoms with van der Waals surface area (Å²) in [6.45, 7) is 8.05. The average molecular weight is 385 g/mol. The fraction of sp³-hybridized carbons (Fsp3) is 0.333. The Morgan fingerprint density at radius 3 is 2.70 bits per heavy atom. The van der Waals surface area contributed by atoms with E-state index in [1.54, 1.807) is 4.68 Å². The highest BCUT2D eigenvalue weighted by atomic mass is 32.2. The Morgan fingerprint density at radius 2 is 2.04 bits per heavy atom. The Bertz CT molecular complexity index is 961. The van der Waals surface area contributed by atoms with Crippen molar-refractivity contribution in [3.63, 3.8) is 0 Å². The van der Waals surface area contributed by atoms with E-state index in [4.69, 9.17) is 5.84 Å². The highest BCUT2D eigenvalue weighted by Gasteiger charge is 2.16. The Labute approximate surface area is 162 Å². The van der Waals surface area contributed by atoms with Crippen molar-refractivity contribution < 1.29 is 4.79 Å². The molecular weight excluding hydrogens is 362 g/mol. The van der Waals surface area contributed by atoms with Gasteiger partial charge in [-0.2, -0.15) is 5.10 Å². The van der Waals surface area contributed by atoms with Gasteiger partial charge in [-0.25, -0.2) is 9.36 Å². The molecule has 27 heavy (non-hydrogen) atoms. The van der Waals surface area contributed by atoms with Crippen molar-refractivity contribution in [3.8, 4) is 5.95 Å². The Morgan fingerprint density at radius 1 is 1.26 bits per heavy atom. The van der Waals surface area contributed by atoms with E-state index in [2.05, 4.69) is 34.5 Å². The maximum Gasteiger partial charge on any atom is 0.271 e. The van der Waals surface area contributed by atoms with Crippen LogP contribution < -0.4 is 11.2 Å². The summed E-state index contributed by atoms with van der Waals surface area (Å²) in [4.78, 5) is 12.3. The van der Waals surface area contributed by atoms with Gasteiger partial charge in [-0.05, 0) is 43.5 Å². The van der Waals surface area contributed by atoms with E-state index in [1.165, 1.54) is 22.0 Å². The third-order valence-corrected chi connectivity index (χ3v) is 4.96. The molecule has 2 heterocycles. The molecule has 3 rings (SSSR count). The molecule has 2 aromatic heterocycles. The molecule has 0 saturated carbocycles. The summed E-state index contributed by atoms with van der Waals surface area (Å²) in [6.07, 6.45) is 0. The highest BCUT2D eigenvalue weighted by Crippen LogP contribution is 2.20. The number of nitrogen functional groups attached to an aromatic ring is 1. The fourth-order valence-corrected chi connectivity index (χ4v) is 3.30. The van der Waals surface area contributed by atoms with Crippen molar-refractivity contribution in [2.45, 2.75) is 38.8 Å². The van der Waals surface area contributed by atoms with Crippen LogP contribution in [0.15, 0.2) is 35.5 Å². The van der Waals surface area contributed by atoms with Crippen molar-refractivity contribution in [3.05, 3.63) is 47.3 Å². The Hall–Kier alpha value is -2.81. The fourth-order valence-electron chi connectivity index (χ4n) is 2.65. The zero-order valence-electron chi connectivity index (χ0n) is 15.8. The molecule has 142 valence electrons. The number of nitrogens with zero attached hydrogens (tertiary/aromatic N) is 5. The SMILES string of the molecule is Cc1cc(C)n(-c2nnc(SCC(=O)Nc3cccc(C(C)C)c3)n2N)n1. The molecule has 1 aromatic carbocycles. The zero-order chi connectivity index (χ0) is 19.6. The lowest BCUT2D eigenvalue weighted by molar-refractivity contribution is -0.113. The van der Waals surface area contributed by atoms with Gasteiger partial charge in [-0.3, -0.25) is 4.79 Å². The Balaban J connectivity index is 1.64. The lowest BCUT2D eigenvalue weighted by atomic mass is 10.0. The molecule has 0 aliphatic heterocycles. The third-order valence-electron chi connectivity index (χ3n) is 4.01. The molecule has 1 amide bonds. The van der Waals surface area contributed by atoms with Crippen LogP contribution >= 0.6 is 11.8 Å². The molecule has 0 spiro atoms. The number of carbonyl (C=O) groups excluding carboxylic acids is 1. The number of thioether (sulfide) groups is 1. The molecule has 3 aromatic rings. The summed E-state index contributed by atoms with van der Waals surface area (Å²) in [7, 11) is 0. The summed E-state index contributed by atoms with van der Waals surface area (Å²) in [5.74, 6) is 6.95. The number of nitrogens with one attached hydrogen (secondary N) is 1. The molecular formula is C18H23N7OS. The van der Waals surface area contributed by atoms with Crippen molar-refractivity contribution in [1.29, 1.82) is 0 Å². The largest absolute Gasteiger partial charge is 0.334 e. The first-order valence-electron chi connectivity index (χ1n) is 8.62. The summed E-state index contributed by atoms with van der Waals surface area (Å²) in [6, 6.07) is 9.78. The maximum absolute atomic E-state index is 12.3. The van der Waals surface area contributed by atoms with Crippen LogP contribution in [-0.4, -0.2) is 36.3 Å². The first kappa shape index (κ1) is 19.0. The summed E-state index contributed by atoms with van der Waals surface area (Å²) in [5, 5.41) is 15.9. The van der Waals surface area contributed by atoms with E-state index in [9.17, 15) is 4.79 Å². The first-order chi connectivity index (χ1) is 12.8. The molecule has 9 heteroatoms. The van der Waals surface area contributed by atoms with Crippen molar-refractivity contribution in [2.75, 3.05) is 16.9 Å². The smallest absolute Gasteiger partial charge is 0.271 e. The van der Waals surface area contributed by atoms with Gasteiger partial charge in [0.2, 0.25) is 11.1 Å². The molecule has 0 bridgehead atoms. The summed E-state index contributed by atoms with van der Waals surface area (Å²) < 4.78 is 2.97. The molecule has 0 atom stereocenters. The highest BCUT2D eigenvalue weighted by molar-refractivity contribution is 7.99. The van der Waals surface area contributed by atoms with Crippen LogP contribution in [0.4, 0.5) is 5.69 Å². The number of amides is 1. The van der Waals surface area contributed by atoms with Crippen LogP contribution in [0.2, 0.25) is 0 Å². The van der Waals surface area contributed by atoms with E-state index in [0.717, 1.165) is 17.1 Å². The first-order valence-corrected chi connectivity index (χ1v) is 9.60. The monoisotopic (exact) mass is 385 g/mol. The number of carbonyl (C=O) groups is 1. The summed E-state index contributed by atoms with van der Waals surface area (Å²) >= 11 is 1.22. The van der Waals surface area contributed by atoms with E-state index >= 15 is 0 Å². The molecule has 0 aliphatic carbocycles. The molecule has 3 N–H and O–H groups in total. The van der Waals surface area contributed by atoms with Crippen LogP contribution in [0.25, 0.3) is 5.95 Å². The minimum Gasteiger partial charge on any atom is -0.334 e. The average Bonchev–Trinajstić information content (AvgIpc) is 3.14. The van der Waals surface area contributed by atoms with Crippen LogP contribution in [-0.2, 0) is 4.79 Å². The minimum atomic E-state index is -0.128. The normalized spacial score (nSPS) is 11.1. The maximum atomic E-state index is 12.3. The third kappa shape index (κ3) is 4.30. The molecule has 0 saturated heterocycles. The number of hydrogen-bond donors (Lipinski definition) is 2. The lowest BCUT2D eigenvalue weighted by Crippen LogP contribution is -2.18. The van der Waals surface area contributed by atoms with Crippen molar-refractivity contribution >= 4 is 23.4 Å². The van der Waals surface area contributed by atoms with E-state index in [0.29, 0.717) is 17.0 Å². The standard InChI is InChI=1S/C18H23N7OS/c1-11(2)14-6-5-7-15(9-14)20-16(26)10-27-18-22-21-17(24(18)19)25-13(4)8-12(3)23-25/h5-9,11H,10,19H2,1-4H3,(H,20,26). The van der Waals surface area contributed by atoms with Crippen molar-refractivity contribution in [1.82, 2.24) is 24.7 Å². The van der Waals surface area contributed by atoms with Gasteiger partial charge in [0.1, 0.15) is 0 Å². The number of rotatable bonds is 6. The van der Waals surface area contributed by atoms with Crippen LogP contribution in [0.3, 0.4) is 0 Å². The molecule has 0 radical (unpaired) electrons. The number of benzene rings is 1. The van der Waals surface area contributed by atoms with Gasteiger partial charge in [0, 0.05) is 11.4 Å². The van der Waals surface area contributed by atoms with Gasteiger partial charge < -0.3 is 11.2 Å². The van der Waals surface area contributed by atoms with Crippen LogP contribution in [0, 0.1) is 13.8 Å². The van der Waals surface area contributed by atoms with E-state index in [1.807, 2.05) is 44.2 Å². The van der Waals surface area contributed by atoms with Crippen molar-refractivity contribution in [2.24, 2.45) is 0 Å². The van der Waals surface area contributed by atoms with Gasteiger partial charge in [0.25, 0.3) is 5.95 Å². The second kappa shape index (κ2) is 7.83. The quantitative estimate of drug-likeness (QED) is 0.499. The second-order valence-corrected chi connectivity index (χ2v) is 7.55. The number of nitrogens with two attached hydrogens (primary N) is 1.